The van der Waals surface area contributed by atoms with Gasteiger partial charge in [-0.15, -0.1) is 0 Å². The van der Waals surface area contributed by atoms with E-state index in [0.29, 0.717) is 23.3 Å². The molecule has 158 valence electrons. The molecule has 5 aromatic rings. The van der Waals surface area contributed by atoms with Gasteiger partial charge in [-0.2, -0.15) is 0 Å². The van der Waals surface area contributed by atoms with Crippen LogP contribution in [0.2, 0.25) is 0 Å². The van der Waals surface area contributed by atoms with E-state index < -0.39 is 0 Å². The second-order valence-corrected chi connectivity index (χ2v) is 7.60. The van der Waals surface area contributed by atoms with Crippen molar-refractivity contribution in [1.29, 1.82) is 0 Å². The Kier molecular flexibility index (Phi) is 4.91. The lowest BCUT2D eigenvalue weighted by Gasteiger charge is -2.10. The quantitative estimate of drug-likeness (QED) is 0.371. The third-order valence-electron chi connectivity index (χ3n) is 5.44. The van der Waals surface area contributed by atoms with Crippen LogP contribution < -0.4 is 16.2 Å². The van der Waals surface area contributed by atoms with Crippen LogP contribution in [0, 0.1) is 0 Å². The predicted octanol–water partition coefficient (Wildman–Crippen LogP) is 4.09. The van der Waals surface area contributed by atoms with E-state index in [1.165, 1.54) is 0 Å². The van der Waals surface area contributed by atoms with Crippen LogP contribution in [0.5, 0.6) is 0 Å². The number of carbonyl (C=O) groups is 1. The predicted molar refractivity (Wildman–Crippen MR) is 126 cm³/mol. The first-order valence-corrected chi connectivity index (χ1v) is 10.3. The third kappa shape index (κ3) is 3.60. The van der Waals surface area contributed by atoms with Gasteiger partial charge in [-0.05, 0) is 23.8 Å². The number of rotatable bonds is 5. The molecule has 7 nitrogen and oxygen atoms in total. The zero-order valence-electron chi connectivity index (χ0n) is 17.4. The Balaban J connectivity index is 1.46. The van der Waals surface area contributed by atoms with E-state index in [2.05, 4.69) is 20.6 Å². The molecular formula is C25H21N5O2. The number of H-pyrrole nitrogens is 1. The highest BCUT2D eigenvalue weighted by atomic mass is 16.2. The molecule has 3 heterocycles. The van der Waals surface area contributed by atoms with Gasteiger partial charge in [-0.3, -0.25) is 9.59 Å². The second kappa shape index (κ2) is 8.03. The number of hydrogen-bond acceptors (Lipinski definition) is 4. The van der Waals surface area contributed by atoms with Gasteiger partial charge in [0.1, 0.15) is 11.3 Å². The molecule has 0 aliphatic rings. The van der Waals surface area contributed by atoms with Crippen molar-refractivity contribution < 1.29 is 4.79 Å². The lowest BCUT2D eigenvalue weighted by Crippen LogP contribution is -2.24. The SMILES string of the molecule is Cn1cc(Nc2ccnc3[nH]c(=O)c4ccccc4c23)cc1C(=O)NCc1ccccc1. The average molecular weight is 423 g/mol. The molecule has 0 unspecified atom stereocenters. The maximum absolute atomic E-state index is 12.7. The molecule has 3 aromatic heterocycles. The Morgan fingerprint density at radius 2 is 1.78 bits per heavy atom. The number of aromatic nitrogens is 3. The van der Waals surface area contributed by atoms with Crippen LogP contribution in [0.25, 0.3) is 21.8 Å². The monoisotopic (exact) mass is 423 g/mol. The number of pyridine rings is 2. The minimum Gasteiger partial charge on any atom is -0.354 e. The van der Waals surface area contributed by atoms with Crippen molar-refractivity contribution in [3.05, 3.63) is 101 Å². The number of benzene rings is 2. The van der Waals surface area contributed by atoms with Gasteiger partial charge in [-0.25, -0.2) is 4.98 Å². The minimum atomic E-state index is -0.171. The molecule has 0 radical (unpaired) electrons. The van der Waals surface area contributed by atoms with Crippen LogP contribution in [0.1, 0.15) is 16.1 Å². The van der Waals surface area contributed by atoms with Gasteiger partial charge in [0.05, 0.1) is 11.4 Å². The van der Waals surface area contributed by atoms with E-state index in [4.69, 9.17) is 0 Å². The summed E-state index contributed by atoms with van der Waals surface area (Å²) in [5.74, 6) is -0.154. The number of hydrogen-bond donors (Lipinski definition) is 3. The van der Waals surface area contributed by atoms with Gasteiger partial charge in [0.25, 0.3) is 11.5 Å². The third-order valence-corrected chi connectivity index (χ3v) is 5.44. The molecule has 5 rings (SSSR count). The first kappa shape index (κ1) is 19.6. The second-order valence-electron chi connectivity index (χ2n) is 7.60. The Morgan fingerprint density at radius 1 is 1.03 bits per heavy atom. The van der Waals surface area contributed by atoms with Gasteiger partial charge < -0.3 is 20.2 Å². The van der Waals surface area contributed by atoms with Crippen molar-refractivity contribution in [2.75, 3.05) is 5.32 Å². The summed E-state index contributed by atoms with van der Waals surface area (Å²) >= 11 is 0. The van der Waals surface area contributed by atoms with Gasteiger partial charge in [0.15, 0.2) is 0 Å². The van der Waals surface area contributed by atoms with Crippen molar-refractivity contribution in [2.45, 2.75) is 6.54 Å². The van der Waals surface area contributed by atoms with Crippen molar-refractivity contribution >= 4 is 39.1 Å². The molecule has 0 saturated heterocycles. The summed E-state index contributed by atoms with van der Waals surface area (Å²) < 4.78 is 1.78. The maximum Gasteiger partial charge on any atom is 0.268 e. The first-order valence-electron chi connectivity index (χ1n) is 10.3. The fourth-order valence-corrected chi connectivity index (χ4v) is 3.89. The fourth-order valence-electron chi connectivity index (χ4n) is 3.89. The van der Waals surface area contributed by atoms with E-state index in [9.17, 15) is 9.59 Å². The fraction of sp³-hybridized carbons (Fsp3) is 0.0800. The van der Waals surface area contributed by atoms with Crippen molar-refractivity contribution in [3.8, 4) is 0 Å². The number of aromatic amines is 1. The van der Waals surface area contributed by atoms with Crippen LogP contribution in [-0.2, 0) is 13.6 Å². The molecule has 7 heteroatoms. The van der Waals surface area contributed by atoms with E-state index in [0.717, 1.165) is 27.7 Å². The molecular weight excluding hydrogens is 402 g/mol. The van der Waals surface area contributed by atoms with Crippen molar-refractivity contribution in [3.63, 3.8) is 0 Å². The molecule has 1 amide bonds. The summed E-state index contributed by atoms with van der Waals surface area (Å²) in [6.07, 6.45) is 3.50. The standard InChI is InChI=1S/C25H21N5O2/c1-30-15-17(13-21(30)25(32)27-14-16-7-3-2-4-8-16)28-20-11-12-26-23-22(20)18-9-5-6-10-19(18)24(31)29-23/h2-13,15H,14H2,1H3,(H,27,32)(H2,26,28,29,31). The number of carbonyl (C=O) groups excluding carboxylic acids is 1. The van der Waals surface area contributed by atoms with Crippen LogP contribution in [-0.4, -0.2) is 20.4 Å². The maximum atomic E-state index is 12.7. The molecule has 32 heavy (non-hydrogen) atoms. The van der Waals surface area contributed by atoms with Gasteiger partial charge in [-0.1, -0.05) is 48.5 Å². The topological polar surface area (TPSA) is 91.8 Å². The Bertz CT molecular complexity index is 1500. The number of nitrogens with zero attached hydrogens (tertiary/aromatic N) is 2. The van der Waals surface area contributed by atoms with Crippen LogP contribution in [0.4, 0.5) is 11.4 Å². The molecule has 3 N–H and O–H groups in total. The summed E-state index contributed by atoms with van der Waals surface area (Å²) in [5, 5.41) is 8.58. The number of anilines is 2. The Morgan fingerprint density at radius 3 is 2.59 bits per heavy atom. The minimum absolute atomic E-state index is 0.154. The molecule has 0 atom stereocenters. The molecule has 0 bridgehead atoms. The molecule has 2 aromatic carbocycles. The van der Waals surface area contributed by atoms with Crippen molar-refractivity contribution in [2.24, 2.45) is 7.05 Å². The van der Waals surface area contributed by atoms with E-state index in [1.807, 2.05) is 67.8 Å². The van der Waals surface area contributed by atoms with Crippen LogP contribution in [0.15, 0.2) is 83.9 Å². The summed E-state index contributed by atoms with van der Waals surface area (Å²) in [6.45, 7) is 0.460. The average Bonchev–Trinajstić information content (AvgIpc) is 3.18. The summed E-state index contributed by atoms with van der Waals surface area (Å²) in [6, 6.07) is 20.9. The van der Waals surface area contributed by atoms with Crippen LogP contribution in [0.3, 0.4) is 0 Å². The van der Waals surface area contributed by atoms with Gasteiger partial charge >= 0.3 is 0 Å². The van der Waals surface area contributed by atoms with E-state index >= 15 is 0 Å². The number of fused-ring (bicyclic) bond motifs is 3. The van der Waals surface area contributed by atoms with E-state index in [1.54, 1.807) is 22.9 Å². The number of nitrogens with one attached hydrogen (secondary N) is 3. The smallest absolute Gasteiger partial charge is 0.268 e. The number of aryl methyl sites for hydroxylation is 1. The molecule has 0 aliphatic heterocycles. The highest BCUT2D eigenvalue weighted by Crippen LogP contribution is 2.30. The molecule has 0 saturated carbocycles. The zero-order valence-corrected chi connectivity index (χ0v) is 17.4. The van der Waals surface area contributed by atoms with E-state index in [-0.39, 0.29) is 11.5 Å². The zero-order chi connectivity index (χ0) is 22.1. The summed E-state index contributed by atoms with van der Waals surface area (Å²) in [7, 11) is 1.83. The van der Waals surface area contributed by atoms with Gasteiger partial charge in [0, 0.05) is 42.1 Å². The highest BCUT2D eigenvalue weighted by molar-refractivity contribution is 6.11. The van der Waals surface area contributed by atoms with Crippen molar-refractivity contribution in [1.82, 2.24) is 19.9 Å². The summed E-state index contributed by atoms with van der Waals surface area (Å²) in [5.41, 5.74) is 3.48. The molecule has 0 spiro atoms. The largest absolute Gasteiger partial charge is 0.354 e. The Hall–Kier alpha value is -4.39. The number of amides is 1. The molecule has 0 aliphatic carbocycles. The normalized spacial score (nSPS) is 11.0. The Labute approximate surface area is 183 Å². The lowest BCUT2D eigenvalue weighted by atomic mass is 10.1. The van der Waals surface area contributed by atoms with Gasteiger partial charge in [0.2, 0.25) is 0 Å². The highest BCUT2D eigenvalue weighted by Gasteiger charge is 2.14. The summed E-state index contributed by atoms with van der Waals surface area (Å²) in [4.78, 5) is 32.3. The first-order chi connectivity index (χ1) is 15.6. The lowest BCUT2D eigenvalue weighted by molar-refractivity contribution is 0.0943. The molecule has 0 fully saturated rings. The van der Waals surface area contributed by atoms with Crippen LogP contribution >= 0.6 is 0 Å².